The molecule has 1 aliphatic rings. The molecule has 21 heavy (non-hydrogen) atoms. The van der Waals surface area contributed by atoms with Crippen LogP contribution in [0.5, 0.6) is 0 Å². The molecule has 2 N–H and O–H groups in total. The van der Waals surface area contributed by atoms with Crippen molar-refractivity contribution < 1.29 is 18.3 Å². The van der Waals surface area contributed by atoms with Gasteiger partial charge in [-0.25, -0.2) is 0 Å². The Bertz CT molecular complexity index is 670. The third kappa shape index (κ3) is 3.74. The molecule has 0 radical (unpaired) electrons. The van der Waals surface area contributed by atoms with Crippen LogP contribution in [0.25, 0.3) is 0 Å². The molecule has 1 aromatic rings. The number of nitrogens with one attached hydrogen (secondary N) is 1. The number of benzene rings is 1. The topological polar surface area (TPSA) is 86.7 Å². The number of hydrogen-bond donors (Lipinski definition) is 2. The minimum atomic E-state index is -3.69. The van der Waals surface area contributed by atoms with Crippen molar-refractivity contribution in [2.24, 2.45) is 5.92 Å². The standard InChI is InChI=1S/C14H16N2O4S/c1-2-11-4-3-5-13(10-11)15-21(19,20)16-8-6-12(7-9-16)14(17)18/h1,3-5,10,12,15H,6-9H2,(H,17,18). The molecule has 0 spiro atoms. The molecule has 0 atom stereocenters. The third-order valence-electron chi connectivity index (χ3n) is 3.42. The average molecular weight is 308 g/mol. The number of carboxylic acid groups (broad SMARTS) is 1. The van der Waals surface area contributed by atoms with Crippen molar-refractivity contribution in [1.29, 1.82) is 0 Å². The van der Waals surface area contributed by atoms with E-state index in [0.29, 0.717) is 24.1 Å². The van der Waals surface area contributed by atoms with Crippen molar-refractivity contribution in [2.75, 3.05) is 17.8 Å². The highest BCUT2D eigenvalue weighted by atomic mass is 32.2. The summed E-state index contributed by atoms with van der Waals surface area (Å²) in [6, 6.07) is 6.56. The summed E-state index contributed by atoms with van der Waals surface area (Å²) in [7, 11) is -3.69. The minimum absolute atomic E-state index is 0.196. The number of piperidine rings is 1. The van der Waals surface area contributed by atoms with E-state index in [2.05, 4.69) is 10.6 Å². The molecular weight excluding hydrogens is 292 g/mol. The number of carboxylic acids is 1. The minimum Gasteiger partial charge on any atom is -0.481 e. The van der Waals surface area contributed by atoms with Crippen LogP contribution in [0.15, 0.2) is 24.3 Å². The molecule has 1 aromatic carbocycles. The molecule has 0 unspecified atom stereocenters. The zero-order valence-electron chi connectivity index (χ0n) is 11.3. The summed E-state index contributed by atoms with van der Waals surface area (Å²) in [4.78, 5) is 10.9. The number of carbonyl (C=O) groups is 1. The van der Waals surface area contributed by atoms with Crippen LogP contribution in [-0.4, -0.2) is 36.9 Å². The molecule has 0 saturated carbocycles. The van der Waals surface area contributed by atoms with Gasteiger partial charge in [0, 0.05) is 18.7 Å². The van der Waals surface area contributed by atoms with Gasteiger partial charge in [0.15, 0.2) is 0 Å². The van der Waals surface area contributed by atoms with Crippen LogP contribution in [0.1, 0.15) is 18.4 Å². The van der Waals surface area contributed by atoms with Crippen LogP contribution in [0.2, 0.25) is 0 Å². The third-order valence-corrected chi connectivity index (χ3v) is 4.96. The number of rotatable bonds is 4. The van der Waals surface area contributed by atoms with Gasteiger partial charge in [0.25, 0.3) is 0 Å². The summed E-state index contributed by atoms with van der Waals surface area (Å²) in [6.07, 6.45) is 5.92. The first-order valence-electron chi connectivity index (χ1n) is 6.50. The maximum absolute atomic E-state index is 12.2. The van der Waals surface area contributed by atoms with E-state index in [9.17, 15) is 13.2 Å². The zero-order chi connectivity index (χ0) is 15.5. The van der Waals surface area contributed by atoms with Crippen LogP contribution in [0.3, 0.4) is 0 Å². The fourth-order valence-electron chi connectivity index (χ4n) is 2.23. The van der Waals surface area contributed by atoms with Crippen LogP contribution in [-0.2, 0) is 15.0 Å². The zero-order valence-corrected chi connectivity index (χ0v) is 12.1. The van der Waals surface area contributed by atoms with Crippen molar-refractivity contribution >= 4 is 21.9 Å². The smallest absolute Gasteiger partial charge is 0.306 e. The first-order chi connectivity index (χ1) is 9.92. The second-order valence-electron chi connectivity index (χ2n) is 4.84. The Balaban J connectivity index is 2.06. The van der Waals surface area contributed by atoms with Gasteiger partial charge >= 0.3 is 16.2 Å². The Labute approximate surface area is 124 Å². The summed E-state index contributed by atoms with van der Waals surface area (Å²) >= 11 is 0. The van der Waals surface area contributed by atoms with Gasteiger partial charge in [-0.2, -0.15) is 12.7 Å². The molecule has 1 saturated heterocycles. The van der Waals surface area contributed by atoms with Crippen LogP contribution < -0.4 is 4.72 Å². The van der Waals surface area contributed by atoms with Crippen molar-refractivity contribution in [3.8, 4) is 12.3 Å². The van der Waals surface area contributed by atoms with Crippen LogP contribution in [0, 0.1) is 18.3 Å². The van der Waals surface area contributed by atoms with Gasteiger partial charge in [-0.05, 0) is 31.0 Å². The number of anilines is 1. The van der Waals surface area contributed by atoms with E-state index in [4.69, 9.17) is 11.5 Å². The Morgan fingerprint density at radius 3 is 2.62 bits per heavy atom. The summed E-state index contributed by atoms with van der Waals surface area (Å²) < 4.78 is 28.2. The quantitative estimate of drug-likeness (QED) is 0.816. The molecule has 1 aliphatic heterocycles. The van der Waals surface area contributed by atoms with E-state index in [1.807, 2.05) is 0 Å². The summed E-state index contributed by atoms with van der Waals surface area (Å²) in [5, 5.41) is 8.92. The molecule has 112 valence electrons. The first-order valence-corrected chi connectivity index (χ1v) is 7.94. The second-order valence-corrected chi connectivity index (χ2v) is 6.51. The Hall–Kier alpha value is -2.04. The van der Waals surface area contributed by atoms with Crippen molar-refractivity contribution in [3.05, 3.63) is 29.8 Å². The number of aliphatic carboxylic acids is 1. The number of hydrogen-bond acceptors (Lipinski definition) is 3. The van der Waals surface area contributed by atoms with Gasteiger partial charge in [0.05, 0.1) is 11.6 Å². The highest BCUT2D eigenvalue weighted by Crippen LogP contribution is 2.21. The monoisotopic (exact) mass is 308 g/mol. The van der Waals surface area contributed by atoms with E-state index in [1.54, 1.807) is 24.3 Å². The van der Waals surface area contributed by atoms with Gasteiger partial charge in [-0.1, -0.05) is 12.0 Å². The highest BCUT2D eigenvalue weighted by molar-refractivity contribution is 7.90. The molecule has 0 bridgehead atoms. The highest BCUT2D eigenvalue weighted by Gasteiger charge is 2.30. The molecule has 7 heteroatoms. The predicted molar refractivity (Wildman–Crippen MR) is 78.9 cm³/mol. The maximum atomic E-state index is 12.2. The van der Waals surface area contributed by atoms with Crippen molar-refractivity contribution in [1.82, 2.24) is 4.31 Å². The van der Waals surface area contributed by atoms with Crippen molar-refractivity contribution in [3.63, 3.8) is 0 Å². The fraction of sp³-hybridized carbons (Fsp3) is 0.357. The van der Waals surface area contributed by atoms with Crippen LogP contribution in [0.4, 0.5) is 5.69 Å². The molecule has 1 fully saturated rings. The van der Waals surface area contributed by atoms with E-state index in [1.165, 1.54) is 4.31 Å². The van der Waals surface area contributed by atoms with Gasteiger partial charge in [0.1, 0.15) is 0 Å². The van der Waals surface area contributed by atoms with E-state index < -0.39 is 22.1 Å². The SMILES string of the molecule is C#Cc1cccc(NS(=O)(=O)N2CCC(C(=O)O)CC2)c1. The van der Waals surface area contributed by atoms with E-state index in [0.717, 1.165) is 0 Å². The summed E-state index contributed by atoms with van der Waals surface area (Å²) in [6.45, 7) is 0.391. The molecular formula is C14H16N2O4S. The summed E-state index contributed by atoms with van der Waals surface area (Å²) in [5.41, 5.74) is 0.977. The fourth-order valence-corrected chi connectivity index (χ4v) is 3.47. The molecule has 1 heterocycles. The van der Waals surface area contributed by atoms with Crippen LogP contribution >= 0.6 is 0 Å². The molecule has 2 rings (SSSR count). The lowest BCUT2D eigenvalue weighted by Gasteiger charge is -2.29. The Kier molecular flexibility index (Phi) is 4.50. The molecule has 0 amide bonds. The number of terminal acetylenes is 1. The lowest BCUT2D eigenvalue weighted by molar-refractivity contribution is -0.142. The Morgan fingerprint density at radius 2 is 2.05 bits per heavy atom. The van der Waals surface area contributed by atoms with E-state index in [-0.39, 0.29) is 13.1 Å². The van der Waals surface area contributed by atoms with Gasteiger partial charge < -0.3 is 5.11 Å². The normalized spacial score (nSPS) is 17.1. The van der Waals surface area contributed by atoms with Crippen molar-refractivity contribution in [2.45, 2.75) is 12.8 Å². The maximum Gasteiger partial charge on any atom is 0.306 e. The van der Waals surface area contributed by atoms with Gasteiger partial charge in [-0.15, -0.1) is 6.42 Å². The Morgan fingerprint density at radius 1 is 1.38 bits per heavy atom. The predicted octanol–water partition coefficient (Wildman–Crippen LogP) is 1.12. The second kappa shape index (κ2) is 6.16. The van der Waals surface area contributed by atoms with Gasteiger partial charge in [0.2, 0.25) is 0 Å². The molecule has 0 aliphatic carbocycles. The molecule has 0 aromatic heterocycles. The summed E-state index contributed by atoms with van der Waals surface area (Å²) in [5.74, 6) is 1.09. The lowest BCUT2D eigenvalue weighted by Crippen LogP contribution is -2.42. The largest absolute Gasteiger partial charge is 0.481 e. The average Bonchev–Trinajstić information content (AvgIpc) is 2.47. The lowest BCUT2D eigenvalue weighted by atomic mass is 9.99. The van der Waals surface area contributed by atoms with E-state index >= 15 is 0 Å². The molecule has 6 nitrogen and oxygen atoms in total. The van der Waals surface area contributed by atoms with Gasteiger partial charge in [-0.3, -0.25) is 9.52 Å². The first kappa shape index (κ1) is 15.4. The number of nitrogens with zero attached hydrogens (tertiary/aromatic N) is 1.